The number of amides is 1. The lowest BCUT2D eigenvalue weighted by atomic mass is 10.1. The van der Waals surface area contributed by atoms with Crippen molar-refractivity contribution < 1.29 is 14.7 Å². The topological polar surface area (TPSA) is 66.4 Å². The molecule has 0 unspecified atom stereocenters. The van der Waals surface area contributed by atoms with Gasteiger partial charge < -0.3 is 10.4 Å². The van der Waals surface area contributed by atoms with Crippen LogP contribution in [0.5, 0.6) is 0 Å². The van der Waals surface area contributed by atoms with Gasteiger partial charge in [-0.3, -0.25) is 9.59 Å². The number of carbonyl (C=O) groups is 2. The summed E-state index contributed by atoms with van der Waals surface area (Å²) in [5, 5.41) is 11.2. The predicted molar refractivity (Wildman–Crippen MR) is 61.2 cm³/mol. The molecule has 2 N–H and O–H groups in total. The molecule has 0 atom stereocenters. The minimum absolute atomic E-state index is 0.0108. The van der Waals surface area contributed by atoms with Crippen LogP contribution in [0.15, 0.2) is 36.4 Å². The highest BCUT2D eigenvalue weighted by Crippen LogP contribution is 2.10. The van der Waals surface area contributed by atoms with Gasteiger partial charge in [0, 0.05) is 5.69 Å². The van der Waals surface area contributed by atoms with Gasteiger partial charge in [-0.2, -0.15) is 0 Å². The molecule has 0 bridgehead atoms. The molecule has 0 aliphatic rings. The molecular weight excluding hydrogens is 206 g/mol. The summed E-state index contributed by atoms with van der Waals surface area (Å²) in [6.45, 7) is 1.76. The molecule has 0 fully saturated rings. The third-order valence-electron chi connectivity index (χ3n) is 1.89. The molecule has 1 rings (SSSR count). The van der Waals surface area contributed by atoms with Gasteiger partial charge in [0.2, 0.25) is 5.91 Å². The zero-order chi connectivity index (χ0) is 12.0. The molecule has 0 heterocycles. The third kappa shape index (κ3) is 3.96. The minimum atomic E-state index is -0.870. The number of anilines is 1. The first-order valence-corrected chi connectivity index (χ1v) is 4.86. The van der Waals surface area contributed by atoms with Crippen LogP contribution in [0, 0.1) is 0 Å². The van der Waals surface area contributed by atoms with Gasteiger partial charge in [0.1, 0.15) is 0 Å². The van der Waals surface area contributed by atoms with Gasteiger partial charge >= 0.3 is 5.97 Å². The number of hydrogen-bond acceptors (Lipinski definition) is 2. The van der Waals surface area contributed by atoms with Gasteiger partial charge in [0.15, 0.2) is 0 Å². The maximum atomic E-state index is 11.2. The summed E-state index contributed by atoms with van der Waals surface area (Å²) in [5.74, 6) is -1.07. The number of hydrogen-bond donors (Lipinski definition) is 2. The number of carboxylic acids is 1. The highest BCUT2D eigenvalue weighted by atomic mass is 16.4. The van der Waals surface area contributed by atoms with Crippen LogP contribution in [0.25, 0.3) is 0 Å². The number of aliphatic carboxylic acids is 1. The Balaban J connectivity index is 2.64. The second kappa shape index (κ2) is 5.70. The summed E-state index contributed by atoms with van der Waals surface area (Å²) in [7, 11) is 0. The van der Waals surface area contributed by atoms with Crippen molar-refractivity contribution >= 4 is 17.6 Å². The predicted octanol–water partition coefficient (Wildman–Crippen LogP) is 1.83. The zero-order valence-electron chi connectivity index (χ0n) is 8.93. The number of allylic oxidation sites excluding steroid dienone is 1. The Morgan fingerprint density at radius 1 is 1.31 bits per heavy atom. The van der Waals surface area contributed by atoms with E-state index in [9.17, 15) is 9.59 Å². The van der Waals surface area contributed by atoms with Crippen LogP contribution >= 0.6 is 0 Å². The van der Waals surface area contributed by atoms with E-state index in [1.165, 1.54) is 6.08 Å². The van der Waals surface area contributed by atoms with E-state index in [1.807, 2.05) is 0 Å². The van der Waals surface area contributed by atoms with Crippen LogP contribution in [0.1, 0.15) is 12.5 Å². The molecule has 0 saturated heterocycles. The molecule has 1 aromatic carbocycles. The van der Waals surface area contributed by atoms with Crippen molar-refractivity contribution in [2.24, 2.45) is 0 Å². The monoisotopic (exact) mass is 219 g/mol. The number of carbonyl (C=O) groups excluding carboxylic acids is 1. The average Bonchev–Trinajstić information content (AvgIpc) is 2.20. The third-order valence-corrected chi connectivity index (χ3v) is 1.89. The van der Waals surface area contributed by atoms with Gasteiger partial charge in [0.25, 0.3) is 0 Å². The zero-order valence-corrected chi connectivity index (χ0v) is 8.93. The van der Waals surface area contributed by atoms with Crippen molar-refractivity contribution in [1.29, 1.82) is 0 Å². The van der Waals surface area contributed by atoms with Gasteiger partial charge in [-0.05, 0) is 30.7 Å². The summed E-state index contributed by atoms with van der Waals surface area (Å²) in [6, 6.07) is 6.72. The van der Waals surface area contributed by atoms with Crippen molar-refractivity contribution in [1.82, 2.24) is 0 Å². The molecule has 0 saturated carbocycles. The molecular formula is C12H13NO3. The van der Waals surface area contributed by atoms with E-state index in [1.54, 1.807) is 37.3 Å². The average molecular weight is 219 g/mol. The summed E-state index contributed by atoms with van der Waals surface area (Å²) in [6.07, 6.45) is 3.06. The van der Waals surface area contributed by atoms with Gasteiger partial charge in [-0.15, -0.1) is 0 Å². The van der Waals surface area contributed by atoms with Gasteiger partial charge in [-0.25, -0.2) is 0 Å². The first-order chi connectivity index (χ1) is 7.61. The first-order valence-electron chi connectivity index (χ1n) is 4.86. The normalized spacial score (nSPS) is 10.3. The van der Waals surface area contributed by atoms with Gasteiger partial charge in [0.05, 0.1) is 6.42 Å². The molecule has 4 nitrogen and oxygen atoms in total. The van der Waals surface area contributed by atoms with Crippen molar-refractivity contribution in [3.8, 4) is 0 Å². The van der Waals surface area contributed by atoms with Crippen molar-refractivity contribution in [3.63, 3.8) is 0 Å². The van der Waals surface area contributed by atoms with Crippen LogP contribution in [0.2, 0.25) is 0 Å². The molecule has 0 aliphatic heterocycles. The Morgan fingerprint density at radius 3 is 2.44 bits per heavy atom. The minimum Gasteiger partial charge on any atom is -0.481 e. The fourth-order valence-electron chi connectivity index (χ4n) is 1.22. The lowest BCUT2D eigenvalue weighted by molar-refractivity contribution is -0.136. The Labute approximate surface area is 93.6 Å². The number of benzene rings is 1. The quantitative estimate of drug-likeness (QED) is 0.759. The number of rotatable bonds is 4. The first kappa shape index (κ1) is 12.0. The van der Waals surface area contributed by atoms with E-state index in [4.69, 9.17) is 5.11 Å². The SMILES string of the molecule is CC=CC(=O)Nc1ccc(CC(=O)O)cc1. The fourth-order valence-corrected chi connectivity index (χ4v) is 1.22. The molecule has 0 spiro atoms. The van der Waals surface area contributed by atoms with E-state index in [2.05, 4.69) is 5.32 Å². The fraction of sp³-hybridized carbons (Fsp3) is 0.167. The smallest absolute Gasteiger partial charge is 0.307 e. The van der Waals surface area contributed by atoms with Crippen LogP contribution in [-0.2, 0) is 16.0 Å². The van der Waals surface area contributed by atoms with Crippen LogP contribution in [-0.4, -0.2) is 17.0 Å². The molecule has 0 aliphatic carbocycles. The summed E-state index contributed by atoms with van der Waals surface area (Å²) in [4.78, 5) is 21.6. The van der Waals surface area contributed by atoms with Crippen LogP contribution in [0.3, 0.4) is 0 Å². The molecule has 84 valence electrons. The lowest BCUT2D eigenvalue weighted by Gasteiger charge is -2.03. The van der Waals surface area contributed by atoms with Gasteiger partial charge in [-0.1, -0.05) is 18.2 Å². The molecule has 0 radical (unpaired) electrons. The highest BCUT2D eigenvalue weighted by Gasteiger charge is 2.01. The Hall–Kier alpha value is -2.10. The molecule has 16 heavy (non-hydrogen) atoms. The molecule has 1 amide bonds. The maximum Gasteiger partial charge on any atom is 0.307 e. The second-order valence-electron chi connectivity index (χ2n) is 3.26. The highest BCUT2D eigenvalue weighted by molar-refractivity contribution is 5.99. The van der Waals surface area contributed by atoms with E-state index >= 15 is 0 Å². The summed E-state index contributed by atoms with van der Waals surface area (Å²) < 4.78 is 0. The van der Waals surface area contributed by atoms with Crippen molar-refractivity contribution in [2.45, 2.75) is 13.3 Å². The van der Waals surface area contributed by atoms with E-state index in [0.29, 0.717) is 11.3 Å². The van der Waals surface area contributed by atoms with Crippen LogP contribution < -0.4 is 5.32 Å². The maximum absolute atomic E-state index is 11.2. The summed E-state index contributed by atoms with van der Waals surface area (Å²) >= 11 is 0. The van der Waals surface area contributed by atoms with Crippen molar-refractivity contribution in [3.05, 3.63) is 42.0 Å². The lowest BCUT2D eigenvalue weighted by Crippen LogP contribution is -2.07. The Kier molecular flexibility index (Phi) is 4.27. The van der Waals surface area contributed by atoms with Crippen LogP contribution in [0.4, 0.5) is 5.69 Å². The van der Waals surface area contributed by atoms with E-state index in [-0.39, 0.29) is 12.3 Å². The Bertz CT molecular complexity index is 407. The van der Waals surface area contributed by atoms with Crippen molar-refractivity contribution in [2.75, 3.05) is 5.32 Å². The molecule has 0 aromatic heterocycles. The van der Waals surface area contributed by atoms with E-state index < -0.39 is 5.97 Å². The largest absolute Gasteiger partial charge is 0.481 e. The standard InChI is InChI=1S/C12H13NO3/c1-2-3-11(14)13-10-6-4-9(5-7-10)8-12(15)16/h2-7H,8H2,1H3,(H,13,14)(H,15,16). The van der Waals surface area contributed by atoms with E-state index in [0.717, 1.165) is 0 Å². The molecule has 4 heteroatoms. The second-order valence-corrected chi connectivity index (χ2v) is 3.26. The Morgan fingerprint density at radius 2 is 1.94 bits per heavy atom. The number of carboxylic acid groups (broad SMARTS) is 1. The summed E-state index contributed by atoms with van der Waals surface area (Å²) in [5.41, 5.74) is 1.36. The molecule has 1 aromatic rings. The number of nitrogens with one attached hydrogen (secondary N) is 1.